The molecule has 0 aliphatic heterocycles. The maximum absolute atomic E-state index is 11.6. The summed E-state index contributed by atoms with van der Waals surface area (Å²) in [5.74, 6) is 1.78. The number of carboxylic acid groups (broad SMARTS) is 1. The predicted octanol–water partition coefficient (Wildman–Crippen LogP) is 3.62. The first-order valence-corrected chi connectivity index (χ1v) is 6.91. The Hall–Kier alpha value is -0.790. The van der Waals surface area contributed by atoms with Crippen molar-refractivity contribution in [3.8, 4) is 0 Å². The molecule has 94 valence electrons. The van der Waals surface area contributed by atoms with Crippen LogP contribution < -0.4 is 0 Å². The van der Waals surface area contributed by atoms with Crippen LogP contribution in [0.1, 0.15) is 52.4 Å². The van der Waals surface area contributed by atoms with E-state index in [4.69, 9.17) is 0 Å². The Morgan fingerprint density at radius 2 is 1.41 bits per heavy atom. The minimum Gasteiger partial charge on any atom is -0.478 e. The van der Waals surface area contributed by atoms with Crippen molar-refractivity contribution in [2.75, 3.05) is 0 Å². The average molecular weight is 234 g/mol. The van der Waals surface area contributed by atoms with Gasteiger partial charge in [-0.1, -0.05) is 5.57 Å². The molecule has 2 nitrogen and oxygen atoms in total. The first-order chi connectivity index (χ1) is 8.00. The van der Waals surface area contributed by atoms with Crippen molar-refractivity contribution < 1.29 is 9.90 Å². The molecule has 0 unspecified atom stereocenters. The summed E-state index contributed by atoms with van der Waals surface area (Å²) in [6, 6.07) is 0. The third kappa shape index (κ3) is 1.64. The van der Waals surface area contributed by atoms with Crippen LogP contribution in [0.15, 0.2) is 11.1 Å². The molecule has 0 saturated heterocycles. The zero-order chi connectivity index (χ0) is 12.2. The maximum atomic E-state index is 11.6. The topological polar surface area (TPSA) is 37.3 Å². The molecule has 4 rings (SSSR count). The van der Waals surface area contributed by atoms with E-state index in [1.165, 1.54) is 19.3 Å². The Kier molecular flexibility index (Phi) is 2.39. The van der Waals surface area contributed by atoms with Crippen molar-refractivity contribution >= 4 is 5.97 Å². The summed E-state index contributed by atoms with van der Waals surface area (Å²) in [7, 11) is 0. The molecule has 0 atom stereocenters. The van der Waals surface area contributed by atoms with Crippen LogP contribution in [-0.4, -0.2) is 11.1 Å². The highest BCUT2D eigenvalue weighted by Gasteiger charge is 2.54. The van der Waals surface area contributed by atoms with Gasteiger partial charge < -0.3 is 5.11 Å². The Bertz CT molecular complexity index is 352. The third-order valence-corrected chi connectivity index (χ3v) is 5.28. The Balaban J connectivity index is 2.01. The van der Waals surface area contributed by atoms with Gasteiger partial charge in [-0.25, -0.2) is 4.79 Å². The number of carbonyl (C=O) groups is 1. The summed E-state index contributed by atoms with van der Waals surface area (Å²) in [5, 5.41) is 9.55. The molecule has 0 aromatic heterocycles. The number of carboxylic acids is 1. The Labute approximate surface area is 103 Å². The predicted molar refractivity (Wildman–Crippen MR) is 66.6 cm³/mol. The molecule has 0 spiro atoms. The molecule has 0 radical (unpaired) electrons. The van der Waals surface area contributed by atoms with Crippen LogP contribution in [0.3, 0.4) is 0 Å². The van der Waals surface area contributed by atoms with Gasteiger partial charge in [0.25, 0.3) is 0 Å². The molecule has 2 heteroatoms. The Morgan fingerprint density at radius 1 is 1.00 bits per heavy atom. The summed E-state index contributed by atoms with van der Waals surface area (Å²) in [6.07, 6.45) is 7.54. The highest BCUT2D eigenvalue weighted by atomic mass is 16.4. The standard InChI is InChI=1S/C15H22O2/c1-9(2)13(14(16)17)15-6-10-3-11(7-15)5-12(4-10)8-15/h10-12H,3-8H2,1-2H3,(H,16,17). The van der Waals surface area contributed by atoms with Crippen LogP contribution >= 0.6 is 0 Å². The summed E-state index contributed by atoms with van der Waals surface area (Å²) in [4.78, 5) is 11.6. The molecule has 0 aromatic rings. The highest BCUT2D eigenvalue weighted by molar-refractivity contribution is 5.89. The van der Waals surface area contributed by atoms with E-state index in [2.05, 4.69) is 0 Å². The molecular weight excluding hydrogens is 212 g/mol. The van der Waals surface area contributed by atoms with E-state index in [0.717, 1.165) is 48.2 Å². The van der Waals surface area contributed by atoms with Crippen LogP contribution in [0.5, 0.6) is 0 Å². The molecule has 4 fully saturated rings. The summed E-state index contributed by atoms with van der Waals surface area (Å²) in [6.45, 7) is 3.95. The molecule has 0 aromatic carbocycles. The second-order valence-electron chi connectivity index (χ2n) is 6.88. The first-order valence-electron chi connectivity index (χ1n) is 6.91. The van der Waals surface area contributed by atoms with Gasteiger partial charge >= 0.3 is 5.97 Å². The largest absolute Gasteiger partial charge is 0.478 e. The minimum absolute atomic E-state index is 0.0411. The molecule has 4 bridgehead atoms. The van der Waals surface area contributed by atoms with Crippen LogP contribution in [0, 0.1) is 23.2 Å². The van der Waals surface area contributed by atoms with Gasteiger partial charge in [-0.2, -0.15) is 0 Å². The number of rotatable bonds is 2. The lowest BCUT2D eigenvalue weighted by Gasteiger charge is -2.57. The fraction of sp³-hybridized carbons (Fsp3) is 0.800. The quantitative estimate of drug-likeness (QED) is 0.741. The smallest absolute Gasteiger partial charge is 0.332 e. The number of hydrogen-bond donors (Lipinski definition) is 1. The van der Waals surface area contributed by atoms with Crippen molar-refractivity contribution in [1.82, 2.24) is 0 Å². The van der Waals surface area contributed by atoms with Gasteiger partial charge in [0.05, 0.1) is 0 Å². The van der Waals surface area contributed by atoms with Crippen LogP contribution in [0.2, 0.25) is 0 Å². The van der Waals surface area contributed by atoms with Gasteiger partial charge in [-0.15, -0.1) is 0 Å². The van der Waals surface area contributed by atoms with Gasteiger partial charge in [0, 0.05) is 11.0 Å². The van der Waals surface area contributed by atoms with E-state index in [-0.39, 0.29) is 5.41 Å². The fourth-order valence-corrected chi connectivity index (χ4v) is 5.39. The summed E-state index contributed by atoms with van der Waals surface area (Å²) >= 11 is 0. The van der Waals surface area contributed by atoms with E-state index in [9.17, 15) is 9.90 Å². The van der Waals surface area contributed by atoms with Crippen LogP contribution in [0.4, 0.5) is 0 Å². The van der Waals surface area contributed by atoms with Crippen LogP contribution in [0.25, 0.3) is 0 Å². The van der Waals surface area contributed by atoms with E-state index in [1.807, 2.05) is 13.8 Å². The van der Waals surface area contributed by atoms with Crippen molar-refractivity contribution in [3.63, 3.8) is 0 Å². The third-order valence-electron chi connectivity index (χ3n) is 5.28. The highest BCUT2D eigenvalue weighted by Crippen LogP contribution is 2.63. The van der Waals surface area contributed by atoms with E-state index < -0.39 is 5.97 Å². The fourth-order valence-electron chi connectivity index (χ4n) is 5.39. The lowest BCUT2D eigenvalue weighted by Crippen LogP contribution is -2.48. The SMILES string of the molecule is CC(C)=C(C(=O)O)C12CC3CC(CC(C3)C1)C2. The zero-order valence-electron chi connectivity index (χ0n) is 10.8. The molecular formula is C15H22O2. The molecule has 0 heterocycles. The molecule has 0 amide bonds. The van der Waals surface area contributed by atoms with Crippen LogP contribution in [-0.2, 0) is 4.79 Å². The summed E-state index contributed by atoms with van der Waals surface area (Å²) < 4.78 is 0. The lowest BCUT2D eigenvalue weighted by molar-refractivity contribution is -0.136. The summed E-state index contributed by atoms with van der Waals surface area (Å²) in [5.41, 5.74) is 1.83. The first kappa shape index (κ1) is 11.3. The van der Waals surface area contributed by atoms with Gasteiger partial charge in [0.2, 0.25) is 0 Å². The van der Waals surface area contributed by atoms with Crippen molar-refractivity contribution in [3.05, 3.63) is 11.1 Å². The molecule has 4 aliphatic rings. The second-order valence-corrected chi connectivity index (χ2v) is 6.88. The van der Waals surface area contributed by atoms with E-state index in [1.54, 1.807) is 0 Å². The van der Waals surface area contributed by atoms with E-state index in [0.29, 0.717) is 0 Å². The van der Waals surface area contributed by atoms with Gasteiger partial charge in [0.15, 0.2) is 0 Å². The normalized spacial score (nSPS) is 42.6. The lowest BCUT2D eigenvalue weighted by atomic mass is 9.47. The molecule has 1 N–H and O–H groups in total. The second kappa shape index (κ2) is 3.60. The number of allylic oxidation sites excluding steroid dienone is 1. The molecule has 17 heavy (non-hydrogen) atoms. The average Bonchev–Trinajstić information content (AvgIpc) is 2.11. The van der Waals surface area contributed by atoms with Gasteiger partial charge in [-0.3, -0.25) is 0 Å². The number of aliphatic carboxylic acids is 1. The van der Waals surface area contributed by atoms with Crippen molar-refractivity contribution in [1.29, 1.82) is 0 Å². The van der Waals surface area contributed by atoms with Gasteiger partial charge in [0.1, 0.15) is 0 Å². The zero-order valence-corrected chi connectivity index (χ0v) is 10.8. The maximum Gasteiger partial charge on any atom is 0.332 e. The monoisotopic (exact) mass is 234 g/mol. The van der Waals surface area contributed by atoms with Crippen molar-refractivity contribution in [2.24, 2.45) is 23.2 Å². The number of hydrogen-bond acceptors (Lipinski definition) is 1. The van der Waals surface area contributed by atoms with E-state index >= 15 is 0 Å². The Morgan fingerprint density at radius 3 is 1.71 bits per heavy atom. The van der Waals surface area contributed by atoms with Crippen molar-refractivity contribution in [2.45, 2.75) is 52.4 Å². The molecule has 4 aliphatic carbocycles. The minimum atomic E-state index is -0.660. The van der Waals surface area contributed by atoms with Gasteiger partial charge in [-0.05, 0) is 70.1 Å². The molecule has 4 saturated carbocycles.